The molecule has 2 atom stereocenters. The normalized spacial score (nSPS) is 25.9. The third-order valence-corrected chi connectivity index (χ3v) is 4.60. The van der Waals surface area contributed by atoms with E-state index in [0.717, 1.165) is 37.4 Å². The van der Waals surface area contributed by atoms with Crippen LogP contribution in [0.1, 0.15) is 38.7 Å². The summed E-state index contributed by atoms with van der Waals surface area (Å²) in [6, 6.07) is 8.01. The average molecular weight is 296 g/mol. The van der Waals surface area contributed by atoms with Crippen molar-refractivity contribution in [2.45, 2.75) is 45.8 Å². The molecule has 20 heavy (non-hydrogen) atoms. The zero-order chi connectivity index (χ0) is 14.8. The predicted octanol–water partition coefficient (Wildman–Crippen LogP) is 3.96. The zero-order valence-electron chi connectivity index (χ0n) is 12.8. The lowest BCUT2D eigenvalue weighted by molar-refractivity contribution is 0.00673. The van der Waals surface area contributed by atoms with Crippen molar-refractivity contribution in [3.05, 3.63) is 34.9 Å². The van der Waals surface area contributed by atoms with Crippen molar-refractivity contribution < 1.29 is 5.11 Å². The Bertz CT molecular complexity index is 446. The molecule has 0 spiro atoms. The summed E-state index contributed by atoms with van der Waals surface area (Å²) in [5.41, 5.74) is 1.59. The minimum absolute atomic E-state index is 0.148. The molecule has 2 rings (SSSR count). The Kier molecular flexibility index (Phi) is 5.11. The highest BCUT2D eigenvalue weighted by Gasteiger charge is 2.34. The number of aliphatic hydroxyl groups is 1. The van der Waals surface area contributed by atoms with Crippen LogP contribution in [-0.2, 0) is 6.54 Å². The van der Waals surface area contributed by atoms with Gasteiger partial charge in [0.1, 0.15) is 0 Å². The largest absolute Gasteiger partial charge is 0.393 e. The van der Waals surface area contributed by atoms with Crippen molar-refractivity contribution in [1.82, 2.24) is 4.90 Å². The smallest absolute Gasteiger partial charge is 0.0581 e. The van der Waals surface area contributed by atoms with Crippen molar-refractivity contribution in [3.63, 3.8) is 0 Å². The molecule has 0 saturated heterocycles. The van der Waals surface area contributed by atoms with Crippen molar-refractivity contribution in [1.29, 1.82) is 0 Å². The number of rotatable bonds is 4. The molecule has 0 amide bonds. The maximum Gasteiger partial charge on any atom is 0.0581 e. The molecule has 2 unspecified atom stereocenters. The molecule has 1 aromatic rings. The maximum atomic E-state index is 10.2. The van der Waals surface area contributed by atoms with Gasteiger partial charge in [0.15, 0.2) is 0 Å². The van der Waals surface area contributed by atoms with E-state index < -0.39 is 0 Å². The van der Waals surface area contributed by atoms with Gasteiger partial charge in [0.2, 0.25) is 0 Å². The van der Waals surface area contributed by atoms with Crippen LogP contribution in [0.15, 0.2) is 24.3 Å². The summed E-state index contributed by atoms with van der Waals surface area (Å²) >= 11 is 6.02. The topological polar surface area (TPSA) is 23.5 Å². The highest BCUT2D eigenvalue weighted by atomic mass is 35.5. The van der Waals surface area contributed by atoms with Gasteiger partial charge in [0.05, 0.1) is 6.10 Å². The fourth-order valence-electron chi connectivity index (χ4n) is 3.32. The maximum absolute atomic E-state index is 10.2. The van der Waals surface area contributed by atoms with Gasteiger partial charge in [-0.2, -0.15) is 0 Å². The molecule has 1 fully saturated rings. The van der Waals surface area contributed by atoms with Gasteiger partial charge in [-0.3, -0.25) is 0 Å². The Morgan fingerprint density at radius 1 is 1.40 bits per heavy atom. The molecule has 0 radical (unpaired) electrons. The second-order valence-electron chi connectivity index (χ2n) is 7.06. The van der Waals surface area contributed by atoms with Crippen molar-refractivity contribution in [2.75, 3.05) is 13.6 Å². The minimum Gasteiger partial charge on any atom is -0.393 e. The molecule has 112 valence electrons. The number of benzene rings is 1. The molecular weight excluding hydrogens is 270 g/mol. The summed E-state index contributed by atoms with van der Waals surface area (Å²) in [4.78, 5) is 2.29. The SMILES string of the molecule is CN(Cc1cccc(Cl)c1)CC1CC(C)(C)CCC1O. The molecule has 1 aliphatic carbocycles. The average Bonchev–Trinajstić information content (AvgIpc) is 2.33. The summed E-state index contributed by atoms with van der Waals surface area (Å²) in [5, 5.41) is 11.0. The summed E-state index contributed by atoms with van der Waals surface area (Å²) in [7, 11) is 2.12. The lowest BCUT2D eigenvalue weighted by Crippen LogP contribution is -2.39. The van der Waals surface area contributed by atoms with Crippen molar-refractivity contribution >= 4 is 11.6 Å². The molecular formula is C17H26ClNO. The molecule has 0 aliphatic heterocycles. The van der Waals surface area contributed by atoms with E-state index in [1.165, 1.54) is 5.56 Å². The first-order valence-corrected chi connectivity index (χ1v) is 7.84. The predicted molar refractivity (Wildman–Crippen MR) is 84.9 cm³/mol. The van der Waals surface area contributed by atoms with E-state index in [1.54, 1.807) is 0 Å². The van der Waals surface area contributed by atoms with E-state index in [9.17, 15) is 5.11 Å². The number of halogens is 1. The Balaban J connectivity index is 1.91. The number of nitrogens with zero attached hydrogens (tertiary/aromatic N) is 1. The molecule has 2 nitrogen and oxygen atoms in total. The van der Waals surface area contributed by atoms with Crippen LogP contribution in [0.3, 0.4) is 0 Å². The molecule has 1 aromatic carbocycles. The van der Waals surface area contributed by atoms with E-state index in [4.69, 9.17) is 11.6 Å². The Morgan fingerprint density at radius 3 is 2.85 bits per heavy atom. The van der Waals surface area contributed by atoms with E-state index in [0.29, 0.717) is 11.3 Å². The van der Waals surface area contributed by atoms with Gasteiger partial charge in [0.25, 0.3) is 0 Å². The standard InChI is InChI=1S/C17H26ClNO/c1-17(2)8-7-16(20)14(10-17)12-19(3)11-13-5-4-6-15(18)9-13/h4-6,9,14,16,20H,7-8,10-12H2,1-3H3. The van der Waals surface area contributed by atoms with Gasteiger partial charge < -0.3 is 10.0 Å². The van der Waals surface area contributed by atoms with Crippen molar-refractivity contribution in [3.8, 4) is 0 Å². The van der Waals surface area contributed by atoms with Gasteiger partial charge in [-0.05, 0) is 55.3 Å². The Labute approximate surface area is 127 Å². The molecule has 1 aliphatic rings. The first-order valence-electron chi connectivity index (χ1n) is 7.47. The highest BCUT2D eigenvalue weighted by Crippen LogP contribution is 2.39. The molecule has 0 aromatic heterocycles. The monoisotopic (exact) mass is 295 g/mol. The van der Waals surface area contributed by atoms with Crippen LogP contribution in [0.25, 0.3) is 0 Å². The lowest BCUT2D eigenvalue weighted by atomic mass is 9.71. The van der Waals surface area contributed by atoms with Gasteiger partial charge in [-0.15, -0.1) is 0 Å². The molecule has 3 heteroatoms. The van der Waals surface area contributed by atoms with E-state index in [-0.39, 0.29) is 6.10 Å². The van der Waals surface area contributed by atoms with Gasteiger partial charge in [-0.25, -0.2) is 0 Å². The van der Waals surface area contributed by atoms with Crippen LogP contribution >= 0.6 is 11.6 Å². The molecule has 1 N–H and O–H groups in total. The first kappa shape index (κ1) is 15.8. The second kappa shape index (κ2) is 6.46. The quantitative estimate of drug-likeness (QED) is 0.909. The van der Waals surface area contributed by atoms with Gasteiger partial charge in [-0.1, -0.05) is 37.6 Å². The molecule has 0 heterocycles. The fraction of sp³-hybridized carbons (Fsp3) is 0.647. The second-order valence-corrected chi connectivity index (χ2v) is 7.50. The first-order chi connectivity index (χ1) is 9.35. The number of aliphatic hydroxyl groups excluding tert-OH is 1. The van der Waals surface area contributed by atoms with E-state index in [1.807, 2.05) is 18.2 Å². The highest BCUT2D eigenvalue weighted by molar-refractivity contribution is 6.30. The molecule has 0 bridgehead atoms. The van der Waals surface area contributed by atoms with Gasteiger partial charge in [0, 0.05) is 18.1 Å². The molecule has 1 saturated carbocycles. The summed E-state index contributed by atoms with van der Waals surface area (Å²) in [5.74, 6) is 0.378. The number of hydrogen-bond donors (Lipinski definition) is 1. The summed E-state index contributed by atoms with van der Waals surface area (Å²) in [6.45, 7) is 6.44. The van der Waals surface area contributed by atoms with Crippen LogP contribution in [0.5, 0.6) is 0 Å². The lowest BCUT2D eigenvalue weighted by Gasteiger charge is -2.40. The third-order valence-electron chi connectivity index (χ3n) is 4.36. The van der Waals surface area contributed by atoms with E-state index in [2.05, 4.69) is 31.9 Å². The van der Waals surface area contributed by atoms with Gasteiger partial charge >= 0.3 is 0 Å². The summed E-state index contributed by atoms with van der Waals surface area (Å²) in [6.07, 6.45) is 3.02. The minimum atomic E-state index is -0.148. The number of hydrogen-bond acceptors (Lipinski definition) is 2. The fourth-order valence-corrected chi connectivity index (χ4v) is 3.53. The van der Waals surface area contributed by atoms with E-state index >= 15 is 0 Å². The third kappa shape index (κ3) is 4.47. The van der Waals surface area contributed by atoms with Crippen molar-refractivity contribution in [2.24, 2.45) is 11.3 Å². The van der Waals surface area contributed by atoms with Crippen LogP contribution in [-0.4, -0.2) is 29.7 Å². The van der Waals surface area contributed by atoms with Crippen LogP contribution < -0.4 is 0 Å². The van der Waals surface area contributed by atoms with Crippen LogP contribution in [0.4, 0.5) is 0 Å². The van der Waals surface area contributed by atoms with Crippen LogP contribution in [0, 0.1) is 11.3 Å². The Morgan fingerprint density at radius 2 is 2.15 bits per heavy atom. The van der Waals surface area contributed by atoms with Crippen LogP contribution in [0.2, 0.25) is 5.02 Å². The zero-order valence-corrected chi connectivity index (χ0v) is 13.5. The summed E-state index contributed by atoms with van der Waals surface area (Å²) < 4.78 is 0. The Hall–Kier alpha value is -0.570.